The van der Waals surface area contributed by atoms with E-state index in [0.717, 1.165) is 12.8 Å². The zero-order valence-electron chi connectivity index (χ0n) is 11.8. The van der Waals surface area contributed by atoms with Crippen LogP contribution in [0.5, 0.6) is 0 Å². The summed E-state index contributed by atoms with van der Waals surface area (Å²) in [5.41, 5.74) is 0.522. The molecular weight excluding hydrogens is 278 g/mol. The van der Waals surface area contributed by atoms with Crippen molar-refractivity contribution in [1.29, 1.82) is 0 Å². The summed E-state index contributed by atoms with van der Waals surface area (Å²) in [5.74, 6) is -3.58. The minimum Gasteiger partial charge on any atom is -0.477 e. The second-order valence-electron chi connectivity index (χ2n) is 6.16. The van der Waals surface area contributed by atoms with Crippen LogP contribution >= 0.6 is 0 Å². The molecule has 114 valence electrons. The average Bonchev–Trinajstić information content (AvgIpc) is 2.69. The van der Waals surface area contributed by atoms with E-state index >= 15 is 0 Å². The first-order valence-corrected chi connectivity index (χ1v) is 7.24. The minimum atomic E-state index is -3.01. The molecule has 1 fully saturated rings. The lowest BCUT2D eigenvalue weighted by molar-refractivity contribution is -0.00609. The third kappa shape index (κ3) is 2.64. The first kappa shape index (κ1) is 14.4. The van der Waals surface area contributed by atoms with Gasteiger partial charge in [-0.2, -0.15) is 8.78 Å². The van der Waals surface area contributed by atoms with Crippen molar-refractivity contribution in [3.8, 4) is 0 Å². The monoisotopic (exact) mass is 296 g/mol. The van der Waals surface area contributed by atoms with E-state index in [1.807, 2.05) is 0 Å². The molecule has 1 aromatic heterocycles. The maximum atomic E-state index is 13.8. The van der Waals surface area contributed by atoms with E-state index in [-0.39, 0.29) is 24.2 Å². The number of carbonyl (C=O) groups is 1. The smallest absolute Gasteiger partial charge is 0.354 e. The van der Waals surface area contributed by atoms with Crippen LogP contribution < -0.4 is 5.32 Å². The second kappa shape index (κ2) is 5.02. The largest absolute Gasteiger partial charge is 0.477 e. The van der Waals surface area contributed by atoms with Crippen molar-refractivity contribution in [2.45, 2.75) is 51.1 Å². The molecule has 0 unspecified atom stereocenters. The van der Waals surface area contributed by atoms with Crippen LogP contribution in [0.2, 0.25) is 0 Å². The maximum absolute atomic E-state index is 13.8. The van der Waals surface area contributed by atoms with Crippen molar-refractivity contribution < 1.29 is 18.7 Å². The molecule has 2 N–H and O–H groups in total. The molecule has 0 aromatic carbocycles. The Labute approximate surface area is 121 Å². The molecule has 0 amide bonds. The van der Waals surface area contributed by atoms with E-state index in [9.17, 15) is 13.6 Å². The first-order chi connectivity index (χ1) is 9.87. The third-order valence-electron chi connectivity index (χ3n) is 4.43. The van der Waals surface area contributed by atoms with Gasteiger partial charge in [0.1, 0.15) is 11.4 Å². The van der Waals surface area contributed by atoms with Gasteiger partial charge >= 0.3 is 5.97 Å². The molecule has 1 heterocycles. The Morgan fingerprint density at radius 2 is 2.24 bits per heavy atom. The first-order valence-electron chi connectivity index (χ1n) is 7.24. The van der Waals surface area contributed by atoms with Gasteiger partial charge in [-0.1, -0.05) is 6.92 Å². The molecule has 0 spiro atoms. The summed E-state index contributed by atoms with van der Waals surface area (Å²) in [6.07, 6.45) is 2.13. The number of hydrogen-bond donors (Lipinski definition) is 2. The number of aromatic carboxylic acids is 1. The molecule has 0 bridgehead atoms. The number of carboxylic acid groups (broad SMARTS) is 1. The maximum Gasteiger partial charge on any atom is 0.354 e. The second-order valence-corrected chi connectivity index (χ2v) is 6.16. The summed E-state index contributed by atoms with van der Waals surface area (Å²) in [4.78, 5) is 14.7. The molecule has 0 radical (unpaired) electrons. The molecule has 21 heavy (non-hydrogen) atoms. The van der Waals surface area contributed by atoms with Gasteiger partial charge in [-0.15, -0.1) is 0 Å². The van der Waals surface area contributed by atoms with Gasteiger partial charge in [0.2, 0.25) is 0 Å². The highest BCUT2D eigenvalue weighted by Gasteiger charge is 2.42. The Morgan fingerprint density at radius 1 is 1.52 bits per heavy atom. The van der Waals surface area contributed by atoms with Crippen molar-refractivity contribution >= 4 is 5.97 Å². The average molecular weight is 296 g/mol. The van der Waals surface area contributed by atoms with Crippen LogP contribution in [0, 0.1) is 5.92 Å². The highest BCUT2D eigenvalue weighted by Crippen LogP contribution is 2.42. The zero-order valence-corrected chi connectivity index (χ0v) is 11.8. The van der Waals surface area contributed by atoms with E-state index in [4.69, 9.17) is 5.11 Å². The van der Waals surface area contributed by atoms with Gasteiger partial charge in [-0.25, -0.2) is 9.78 Å². The van der Waals surface area contributed by atoms with Crippen LogP contribution in [0.15, 0.2) is 6.07 Å². The van der Waals surface area contributed by atoms with Crippen molar-refractivity contribution in [3.05, 3.63) is 28.6 Å². The van der Waals surface area contributed by atoms with E-state index in [2.05, 4.69) is 17.2 Å². The van der Waals surface area contributed by atoms with E-state index in [1.54, 1.807) is 0 Å². The van der Waals surface area contributed by atoms with Crippen LogP contribution in [0.25, 0.3) is 0 Å². The van der Waals surface area contributed by atoms with Gasteiger partial charge in [0.05, 0.1) is 0 Å². The van der Waals surface area contributed by atoms with E-state index < -0.39 is 11.9 Å². The zero-order chi connectivity index (χ0) is 15.2. The molecular formula is C15H18F2N2O2. The van der Waals surface area contributed by atoms with Crippen LogP contribution in [0.1, 0.15) is 53.5 Å². The summed E-state index contributed by atoms with van der Waals surface area (Å²) < 4.78 is 27.6. The van der Waals surface area contributed by atoms with Crippen molar-refractivity contribution in [3.63, 3.8) is 0 Å². The Kier molecular flexibility index (Phi) is 3.43. The molecule has 1 aromatic rings. The third-order valence-corrected chi connectivity index (χ3v) is 4.43. The SMILES string of the molecule is CC1CC(NCc2cc(C(=O)O)nc3c2CCC3(F)F)C1. The number of hydrogen-bond acceptors (Lipinski definition) is 3. The summed E-state index contributed by atoms with van der Waals surface area (Å²) in [7, 11) is 0. The summed E-state index contributed by atoms with van der Waals surface area (Å²) in [5, 5.41) is 12.4. The molecule has 0 atom stereocenters. The Morgan fingerprint density at radius 3 is 2.86 bits per heavy atom. The number of alkyl halides is 2. The van der Waals surface area contributed by atoms with E-state index in [1.165, 1.54) is 6.07 Å². The molecule has 3 rings (SSSR count). The van der Waals surface area contributed by atoms with Crippen molar-refractivity contribution in [2.24, 2.45) is 5.92 Å². The van der Waals surface area contributed by atoms with Gasteiger partial charge < -0.3 is 10.4 Å². The van der Waals surface area contributed by atoms with E-state index in [0.29, 0.717) is 29.6 Å². The number of rotatable bonds is 4. The fourth-order valence-electron chi connectivity index (χ4n) is 3.20. The molecule has 2 aliphatic carbocycles. The van der Waals surface area contributed by atoms with Crippen molar-refractivity contribution in [1.82, 2.24) is 10.3 Å². The van der Waals surface area contributed by atoms with Gasteiger partial charge in [0.15, 0.2) is 0 Å². The van der Waals surface area contributed by atoms with Gasteiger partial charge in [0.25, 0.3) is 5.92 Å². The number of nitrogens with one attached hydrogen (secondary N) is 1. The van der Waals surface area contributed by atoms with Crippen LogP contribution in [0.4, 0.5) is 8.78 Å². The summed E-state index contributed by atoms with van der Waals surface area (Å²) in [6, 6.07) is 1.83. The Balaban J connectivity index is 1.86. The van der Waals surface area contributed by atoms with Gasteiger partial charge in [-0.05, 0) is 42.4 Å². The lowest BCUT2D eigenvalue weighted by Gasteiger charge is -2.33. The molecule has 6 heteroatoms. The number of fused-ring (bicyclic) bond motifs is 1. The Hall–Kier alpha value is -1.56. The number of pyridine rings is 1. The van der Waals surface area contributed by atoms with Gasteiger partial charge in [0, 0.05) is 19.0 Å². The predicted molar refractivity (Wildman–Crippen MR) is 72.4 cm³/mol. The molecule has 4 nitrogen and oxygen atoms in total. The summed E-state index contributed by atoms with van der Waals surface area (Å²) >= 11 is 0. The Bertz CT molecular complexity index is 583. The van der Waals surface area contributed by atoms with Crippen LogP contribution in [-0.2, 0) is 18.9 Å². The lowest BCUT2D eigenvalue weighted by atomic mass is 9.82. The molecule has 0 aliphatic heterocycles. The highest BCUT2D eigenvalue weighted by atomic mass is 19.3. The fraction of sp³-hybridized carbons (Fsp3) is 0.600. The lowest BCUT2D eigenvalue weighted by Crippen LogP contribution is -2.39. The number of halogens is 2. The quantitative estimate of drug-likeness (QED) is 0.897. The van der Waals surface area contributed by atoms with Crippen molar-refractivity contribution in [2.75, 3.05) is 0 Å². The minimum absolute atomic E-state index is 0.257. The number of carboxylic acids is 1. The molecule has 0 saturated heterocycles. The molecule has 1 saturated carbocycles. The highest BCUT2D eigenvalue weighted by molar-refractivity contribution is 5.85. The van der Waals surface area contributed by atoms with Crippen LogP contribution in [0.3, 0.4) is 0 Å². The van der Waals surface area contributed by atoms with Crippen LogP contribution in [-0.4, -0.2) is 22.1 Å². The topological polar surface area (TPSA) is 62.2 Å². The number of aromatic nitrogens is 1. The fourth-order valence-corrected chi connectivity index (χ4v) is 3.20. The number of nitrogens with zero attached hydrogens (tertiary/aromatic N) is 1. The summed E-state index contributed by atoms with van der Waals surface area (Å²) in [6.45, 7) is 2.60. The molecule has 2 aliphatic rings. The van der Waals surface area contributed by atoms with Gasteiger partial charge in [-0.3, -0.25) is 0 Å². The predicted octanol–water partition coefficient (Wildman–Crippen LogP) is 2.71. The normalized spacial score (nSPS) is 26.2. The standard InChI is InChI=1S/C15H18F2N2O2/c1-8-4-10(5-8)18-7-9-6-12(14(20)21)19-13-11(9)2-3-15(13,16)17/h6,8,10,18H,2-5,7H2,1H3,(H,20,21).